The molecule has 1 fully saturated rings. The van der Waals surface area contributed by atoms with E-state index in [1.807, 2.05) is 12.1 Å². The van der Waals surface area contributed by atoms with Crippen molar-refractivity contribution in [2.24, 2.45) is 11.7 Å². The summed E-state index contributed by atoms with van der Waals surface area (Å²) in [6, 6.07) is 8.11. The third-order valence-corrected chi connectivity index (χ3v) is 3.85. The molecule has 1 aromatic carbocycles. The van der Waals surface area contributed by atoms with Crippen molar-refractivity contribution in [1.29, 1.82) is 0 Å². The minimum absolute atomic E-state index is 0.105. The molecule has 4 heteroatoms. The van der Waals surface area contributed by atoms with Crippen LogP contribution in [0, 0.1) is 5.92 Å². The lowest BCUT2D eigenvalue weighted by Gasteiger charge is -2.32. The Hall–Kier alpha value is -0.970. The number of hydrogen-bond acceptors (Lipinski definition) is 3. The van der Waals surface area contributed by atoms with Gasteiger partial charge in [0.1, 0.15) is 0 Å². The van der Waals surface area contributed by atoms with E-state index in [4.69, 9.17) is 23.1 Å². The molecule has 1 aromatic rings. The van der Waals surface area contributed by atoms with Crippen LogP contribution in [0.15, 0.2) is 24.3 Å². The fourth-order valence-corrected chi connectivity index (χ4v) is 2.63. The van der Waals surface area contributed by atoms with Crippen molar-refractivity contribution in [3.8, 4) is 0 Å². The standard InChI is InChI=1S/C14H20N2OS/c15-14(18)13-2-1-7-16(9-13)8-11-3-5-12(10-17)6-4-11/h3-6,13,17H,1-2,7-10H2,(H2,15,18). The second-order valence-corrected chi connectivity index (χ2v) is 5.42. The summed E-state index contributed by atoms with van der Waals surface area (Å²) in [7, 11) is 0. The SMILES string of the molecule is NC(=S)C1CCCN(Cc2ccc(CO)cc2)C1. The highest BCUT2D eigenvalue weighted by Crippen LogP contribution is 2.19. The van der Waals surface area contributed by atoms with Crippen LogP contribution in [-0.4, -0.2) is 28.1 Å². The molecule has 1 heterocycles. The molecular weight excluding hydrogens is 244 g/mol. The Balaban J connectivity index is 1.93. The van der Waals surface area contributed by atoms with Crippen LogP contribution in [0.2, 0.25) is 0 Å². The van der Waals surface area contributed by atoms with E-state index in [9.17, 15) is 0 Å². The Morgan fingerprint density at radius 2 is 2.00 bits per heavy atom. The summed E-state index contributed by atoms with van der Waals surface area (Å²) in [6.45, 7) is 3.12. The molecule has 0 aliphatic carbocycles. The van der Waals surface area contributed by atoms with Gasteiger partial charge in [-0.3, -0.25) is 4.90 Å². The third kappa shape index (κ3) is 3.51. The van der Waals surface area contributed by atoms with Gasteiger partial charge in [-0.05, 0) is 30.5 Å². The van der Waals surface area contributed by atoms with Gasteiger partial charge in [0.2, 0.25) is 0 Å². The number of aliphatic hydroxyl groups is 1. The molecule has 2 rings (SSSR count). The molecule has 0 saturated carbocycles. The number of benzene rings is 1. The summed E-state index contributed by atoms with van der Waals surface area (Å²) < 4.78 is 0. The molecule has 1 aliphatic heterocycles. The number of piperidine rings is 1. The van der Waals surface area contributed by atoms with Crippen molar-refractivity contribution in [3.05, 3.63) is 35.4 Å². The quantitative estimate of drug-likeness (QED) is 0.812. The lowest BCUT2D eigenvalue weighted by molar-refractivity contribution is 0.197. The van der Waals surface area contributed by atoms with Gasteiger partial charge >= 0.3 is 0 Å². The predicted octanol–water partition coefficient (Wildman–Crippen LogP) is 1.68. The van der Waals surface area contributed by atoms with Crippen LogP contribution in [0.5, 0.6) is 0 Å². The zero-order chi connectivity index (χ0) is 13.0. The summed E-state index contributed by atoms with van der Waals surface area (Å²) in [5.74, 6) is 0.366. The van der Waals surface area contributed by atoms with Gasteiger partial charge in [-0.2, -0.15) is 0 Å². The molecule has 0 amide bonds. The van der Waals surface area contributed by atoms with E-state index in [2.05, 4.69) is 17.0 Å². The maximum Gasteiger partial charge on any atom is 0.0771 e. The molecule has 1 unspecified atom stereocenters. The van der Waals surface area contributed by atoms with Crippen LogP contribution in [-0.2, 0) is 13.2 Å². The zero-order valence-corrected chi connectivity index (χ0v) is 11.3. The fourth-order valence-electron chi connectivity index (χ4n) is 2.44. The second kappa shape index (κ2) is 6.27. The van der Waals surface area contributed by atoms with Crippen LogP contribution >= 0.6 is 12.2 Å². The molecule has 0 radical (unpaired) electrons. The lowest BCUT2D eigenvalue weighted by atomic mass is 9.97. The molecular formula is C14H20N2OS. The average Bonchev–Trinajstić information content (AvgIpc) is 2.40. The summed E-state index contributed by atoms with van der Waals surface area (Å²) in [6.07, 6.45) is 2.28. The Bertz CT molecular complexity index is 405. The summed E-state index contributed by atoms with van der Waals surface area (Å²) in [5.41, 5.74) is 7.97. The van der Waals surface area contributed by atoms with Gasteiger partial charge < -0.3 is 10.8 Å². The van der Waals surface area contributed by atoms with E-state index in [-0.39, 0.29) is 6.61 Å². The molecule has 0 aromatic heterocycles. The molecule has 1 aliphatic rings. The van der Waals surface area contributed by atoms with Gasteiger partial charge in [-0.1, -0.05) is 36.5 Å². The molecule has 0 bridgehead atoms. The van der Waals surface area contributed by atoms with Crippen LogP contribution in [0.1, 0.15) is 24.0 Å². The number of thiocarbonyl (C=S) groups is 1. The topological polar surface area (TPSA) is 49.5 Å². The van der Waals surface area contributed by atoms with Crippen molar-refractivity contribution >= 4 is 17.2 Å². The van der Waals surface area contributed by atoms with Crippen molar-refractivity contribution < 1.29 is 5.11 Å². The molecule has 18 heavy (non-hydrogen) atoms. The highest BCUT2D eigenvalue weighted by Gasteiger charge is 2.21. The van der Waals surface area contributed by atoms with E-state index in [0.29, 0.717) is 10.9 Å². The van der Waals surface area contributed by atoms with Gasteiger partial charge in [0.15, 0.2) is 0 Å². The Kier molecular flexibility index (Phi) is 4.69. The second-order valence-electron chi connectivity index (χ2n) is 4.95. The predicted molar refractivity (Wildman–Crippen MR) is 77.2 cm³/mol. The fraction of sp³-hybridized carbons (Fsp3) is 0.500. The summed E-state index contributed by atoms with van der Waals surface area (Å²) >= 11 is 5.09. The van der Waals surface area contributed by atoms with Gasteiger partial charge in [-0.15, -0.1) is 0 Å². The largest absolute Gasteiger partial charge is 0.393 e. The maximum absolute atomic E-state index is 9.01. The first-order valence-corrected chi connectivity index (χ1v) is 6.80. The zero-order valence-electron chi connectivity index (χ0n) is 10.5. The Labute approximate surface area is 114 Å². The monoisotopic (exact) mass is 264 g/mol. The number of nitrogens with zero attached hydrogens (tertiary/aromatic N) is 1. The smallest absolute Gasteiger partial charge is 0.0771 e. The van der Waals surface area contributed by atoms with Crippen molar-refractivity contribution in [2.45, 2.75) is 26.0 Å². The van der Waals surface area contributed by atoms with Crippen LogP contribution in [0.25, 0.3) is 0 Å². The first kappa shape index (κ1) is 13.5. The van der Waals surface area contributed by atoms with Crippen molar-refractivity contribution in [1.82, 2.24) is 4.90 Å². The first-order valence-electron chi connectivity index (χ1n) is 6.39. The van der Waals surface area contributed by atoms with Crippen molar-refractivity contribution in [2.75, 3.05) is 13.1 Å². The minimum atomic E-state index is 0.105. The highest BCUT2D eigenvalue weighted by atomic mass is 32.1. The number of rotatable bonds is 4. The van der Waals surface area contributed by atoms with Crippen LogP contribution < -0.4 is 5.73 Å². The van der Waals surface area contributed by atoms with E-state index >= 15 is 0 Å². The highest BCUT2D eigenvalue weighted by molar-refractivity contribution is 7.80. The normalized spacial score (nSPS) is 20.8. The van der Waals surface area contributed by atoms with Gasteiger partial charge in [0.25, 0.3) is 0 Å². The number of hydrogen-bond donors (Lipinski definition) is 2. The maximum atomic E-state index is 9.01. The molecule has 1 saturated heterocycles. The number of nitrogens with two attached hydrogens (primary N) is 1. The molecule has 3 nitrogen and oxygen atoms in total. The van der Waals surface area contributed by atoms with E-state index in [1.54, 1.807) is 0 Å². The van der Waals surface area contributed by atoms with Gasteiger partial charge in [0, 0.05) is 19.0 Å². The van der Waals surface area contributed by atoms with E-state index in [0.717, 1.165) is 38.0 Å². The van der Waals surface area contributed by atoms with Gasteiger partial charge in [-0.25, -0.2) is 0 Å². The lowest BCUT2D eigenvalue weighted by Crippen LogP contribution is -2.39. The van der Waals surface area contributed by atoms with Crippen LogP contribution in [0.4, 0.5) is 0 Å². The Morgan fingerprint density at radius 3 is 2.61 bits per heavy atom. The first-order chi connectivity index (χ1) is 8.69. The molecule has 98 valence electrons. The van der Waals surface area contributed by atoms with Crippen molar-refractivity contribution in [3.63, 3.8) is 0 Å². The summed E-state index contributed by atoms with van der Waals surface area (Å²) in [5, 5.41) is 9.01. The van der Waals surface area contributed by atoms with E-state index < -0.39 is 0 Å². The molecule has 3 N–H and O–H groups in total. The summed E-state index contributed by atoms with van der Waals surface area (Å²) in [4.78, 5) is 3.05. The number of likely N-dealkylation sites (tertiary alicyclic amines) is 1. The minimum Gasteiger partial charge on any atom is -0.393 e. The third-order valence-electron chi connectivity index (χ3n) is 3.52. The Morgan fingerprint density at radius 1 is 1.33 bits per heavy atom. The molecule has 1 atom stereocenters. The molecule has 0 spiro atoms. The number of aliphatic hydroxyl groups excluding tert-OH is 1. The van der Waals surface area contributed by atoms with E-state index in [1.165, 1.54) is 5.56 Å². The average molecular weight is 264 g/mol. The van der Waals surface area contributed by atoms with Crippen LogP contribution in [0.3, 0.4) is 0 Å². The van der Waals surface area contributed by atoms with Gasteiger partial charge in [0.05, 0.1) is 11.6 Å².